The molecule has 28 heavy (non-hydrogen) atoms. The smallest absolute Gasteiger partial charge is 0.319 e. The monoisotopic (exact) mass is 390 g/mol. The van der Waals surface area contributed by atoms with E-state index >= 15 is 0 Å². The summed E-state index contributed by atoms with van der Waals surface area (Å²) in [7, 11) is 0. The first kappa shape index (κ1) is 21.4. The minimum absolute atomic E-state index is 0.0279. The molecule has 0 aliphatic heterocycles. The van der Waals surface area contributed by atoms with Crippen molar-refractivity contribution in [3.63, 3.8) is 0 Å². The second kappa shape index (κ2) is 9.89. The second-order valence-corrected chi connectivity index (χ2v) is 6.44. The van der Waals surface area contributed by atoms with Crippen LogP contribution >= 0.6 is 0 Å². The van der Waals surface area contributed by atoms with Gasteiger partial charge in [0.25, 0.3) is 5.91 Å². The Bertz CT molecular complexity index is 818. The highest BCUT2D eigenvalue weighted by atomic mass is 19.1. The van der Waals surface area contributed by atoms with Crippen LogP contribution in [0, 0.1) is 12.7 Å². The van der Waals surface area contributed by atoms with Crippen LogP contribution in [0.1, 0.15) is 36.9 Å². The van der Waals surface area contributed by atoms with Gasteiger partial charge in [0.2, 0.25) is 0 Å². The van der Waals surface area contributed by atoms with Crippen LogP contribution in [0.15, 0.2) is 34.9 Å². The normalized spacial score (nSPS) is 11.9. The molecule has 0 fully saturated rings. The molecule has 3 N–H and O–H groups in total. The van der Waals surface area contributed by atoms with Crippen molar-refractivity contribution in [2.75, 3.05) is 30.3 Å². The van der Waals surface area contributed by atoms with Gasteiger partial charge in [0.1, 0.15) is 11.6 Å². The van der Waals surface area contributed by atoms with Crippen LogP contribution in [-0.4, -0.2) is 42.5 Å². The zero-order valence-electron chi connectivity index (χ0n) is 16.6. The Hall–Kier alpha value is -2.87. The highest BCUT2D eigenvalue weighted by Crippen LogP contribution is 2.21. The summed E-state index contributed by atoms with van der Waals surface area (Å²) in [5, 5.41) is 7.95. The topological polar surface area (TPSA) is 86.6 Å². The Labute approximate surface area is 164 Å². The molecule has 1 atom stereocenters. The number of hydrogen-bond acceptors (Lipinski definition) is 4. The van der Waals surface area contributed by atoms with Crippen LogP contribution in [0.3, 0.4) is 0 Å². The maximum absolute atomic E-state index is 14.1. The third kappa shape index (κ3) is 5.56. The predicted molar refractivity (Wildman–Crippen MR) is 107 cm³/mol. The molecule has 1 heterocycles. The van der Waals surface area contributed by atoms with Crippen molar-refractivity contribution < 1.29 is 18.4 Å². The number of aryl methyl sites for hydroxylation is 1. The van der Waals surface area contributed by atoms with Crippen LogP contribution in [0.2, 0.25) is 0 Å². The molecule has 7 nitrogen and oxygen atoms in total. The van der Waals surface area contributed by atoms with Crippen LogP contribution in [0.4, 0.5) is 20.6 Å². The minimum Gasteiger partial charge on any atom is -0.469 e. The van der Waals surface area contributed by atoms with E-state index in [1.165, 1.54) is 30.5 Å². The van der Waals surface area contributed by atoms with Gasteiger partial charge in [0, 0.05) is 18.3 Å². The lowest BCUT2D eigenvalue weighted by Crippen LogP contribution is -2.43. The summed E-state index contributed by atoms with van der Waals surface area (Å²) in [6.07, 6.45) is 1.39. The lowest BCUT2D eigenvalue weighted by atomic mass is 10.2. The number of urea groups is 1. The minimum atomic E-state index is -0.601. The molecule has 0 spiro atoms. The lowest BCUT2D eigenvalue weighted by Gasteiger charge is -2.26. The number of nitrogens with zero attached hydrogens (tertiary/aromatic N) is 1. The van der Waals surface area contributed by atoms with E-state index in [9.17, 15) is 14.0 Å². The lowest BCUT2D eigenvalue weighted by molar-refractivity contribution is 0.102. The van der Waals surface area contributed by atoms with Crippen LogP contribution < -0.4 is 16.0 Å². The third-order valence-corrected chi connectivity index (χ3v) is 4.57. The number of anilines is 2. The molecule has 1 unspecified atom stereocenters. The molecule has 2 aromatic rings. The first-order chi connectivity index (χ1) is 13.3. The molecule has 0 saturated carbocycles. The molecular formula is C20H27FN4O3. The van der Waals surface area contributed by atoms with Gasteiger partial charge in [-0.15, -0.1) is 0 Å². The van der Waals surface area contributed by atoms with E-state index in [0.717, 1.165) is 13.1 Å². The molecule has 0 radical (unpaired) electrons. The zero-order valence-corrected chi connectivity index (χ0v) is 16.6. The zero-order chi connectivity index (χ0) is 20.7. The van der Waals surface area contributed by atoms with Crippen molar-refractivity contribution in [1.82, 2.24) is 10.2 Å². The quantitative estimate of drug-likeness (QED) is 0.639. The van der Waals surface area contributed by atoms with Crippen molar-refractivity contribution in [3.8, 4) is 0 Å². The number of halogens is 1. The molecule has 1 aromatic carbocycles. The fourth-order valence-corrected chi connectivity index (χ4v) is 2.90. The Morgan fingerprint density at radius 3 is 2.50 bits per heavy atom. The number of hydrogen-bond donors (Lipinski definition) is 3. The van der Waals surface area contributed by atoms with Crippen molar-refractivity contribution in [1.29, 1.82) is 0 Å². The maximum atomic E-state index is 14.1. The standard InChI is InChI=1S/C20H27FN4O3/c1-5-25(6-2)13(3)12-22-20(27)23-15-7-8-17(21)18(11-15)24-19(26)16-9-10-28-14(16)4/h7-11,13H,5-6,12H2,1-4H3,(H,24,26)(H2,22,23,27). The van der Waals surface area contributed by atoms with E-state index in [0.29, 0.717) is 23.6 Å². The summed E-state index contributed by atoms with van der Waals surface area (Å²) in [6.45, 7) is 10.1. The first-order valence-electron chi connectivity index (χ1n) is 9.29. The van der Waals surface area contributed by atoms with E-state index < -0.39 is 17.8 Å². The SMILES string of the molecule is CCN(CC)C(C)CNC(=O)Nc1ccc(F)c(NC(=O)c2ccoc2C)c1. The Balaban J connectivity index is 1.97. The average Bonchev–Trinajstić information content (AvgIpc) is 3.10. The predicted octanol–water partition coefficient (Wildman–Crippen LogP) is 3.83. The van der Waals surface area contributed by atoms with Gasteiger partial charge < -0.3 is 20.4 Å². The van der Waals surface area contributed by atoms with Crippen molar-refractivity contribution in [3.05, 3.63) is 47.7 Å². The van der Waals surface area contributed by atoms with Crippen LogP contribution in [0.5, 0.6) is 0 Å². The van der Waals surface area contributed by atoms with Crippen LogP contribution in [-0.2, 0) is 0 Å². The largest absolute Gasteiger partial charge is 0.469 e. The van der Waals surface area contributed by atoms with Crippen molar-refractivity contribution in [2.24, 2.45) is 0 Å². The molecule has 0 saturated heterocycles. The van der Waals surface area contributed by atoms with Crippen molar-refractivity contribution >= 4 is 23.3 Å². The van der Waals surface area contributed by atoms with Gasteiger partial charge in [-0.2, -0.15) is 0 Å². The van der Waals surface area contributed by atoms with Crippen molar-refractivity contribution in [2.45, 2.75) is 33.7 Å². The summed E-state index contributed by atoms with van der Waals surface area (Å²) in [5.74, 6) is -0.649. The maximum Gasteiger partial charge on any atom is 0.319 e. The number of nitrogens with one attached hydrogen (secondary N) is 3. The Morgan fingerprint density at radius 1 is 1.18 bits per heavy atom. The molecule has 3 amide bonds. The molecule has 0 aliphatic rings. The number of amides is 3. The molecular weight excluding hydrogens is 363 g/mol. The van der Waals surface area contributed by atoms with Gasteiger partial charge in [0.15, 0.2) is 0 Å². The van der Waals surface area contributed by atoms with Gasteiger partial charge in [0.05, 0.1) is 17.5 Å². The Kier molecular flexibility index (Phi) is 7.57. The average molecular weight is 390 g/mol. The molecule has 0 aliphatic carbocycles. The van der Waals surface area contributed by atoms with Gasteiger partial charge in [-0.05, 0) is 51.2 Å². The Morgan fingerprint density at radius 2 is 1.89 bits per heavy atom. The van der Waals surface area contributed by atoms with E-state index in [1.54, 1.807) is 6.92 Å². The van der Waals surface area contributed by atoms with E-state index in [1.807, 2.05) is 6.92 Å². The van der Waals surface area contributed by atoms with E-state index in [2.05, 4.69) is 34.7 Å². The number of carbonyl (C=O) groups is 2. The first-order valence-corrected chi connectivity index (χ1v) is 9.29. The summed E-state index contributed by atoms with van der Waals surface area (Å²) >= 11 is 0. The van der Waals surface area contributed by atoms with Gasteiger partial charge in [-0.1, -0.05) is 13.8 Å². The fraction of sp³-hybridized carbons (Fsp3) is 0.400. The molecule has 1 aromatic heterocycles. The fourth-order valence-electron chi connectivity index (χ4n) is 2.90. The summed E-state index contributed by atoms with van der Waals surface area (Å²) < 4.78 is 19.1. The van der Waals surface area contributed by atoms with Gasteiger partial charge in [-0.3, -0.25) is 9.69 Å². The highest BCUT2D eigenvalue weighted by Gasteiger charge is 2.15. The van der Waals surface area contributed by atoms with E-state index in [-0.39, 0.29) is 11.7 Å². The van der Waals surface area contributed by atoms with Gasteiger partial charge >= 0.3 is 6.03 Å². The van der Waals surface area contributed by atoms with E-state index in [4.69, 9.17) is 4.42 Å². The van der Waals surface area contributed by atoms with Crippen LogP contribution in [0.25, 0.3) is 0 Å². The summed E-state index contributed by atoms with van der Waals surface area (Å²) in [6, 6.07) is 5.30. The summed E-state index contributed by atoms with van der Waals surface area (Å²) in [5.41, 5.74) is 0.661. The summed E-state index contributed by atoms with van der Waals surface area (Å²) in [4.78, 5) is 26.6. The van der Waals surface area contributed by atoms with Gasteiger partial charge in [-0.25, -0.2) is 9.18 Å². The molecule has 152 valence electrons. The second-order valence-electron chi connectivity index (χ2n) is 6.44. The number of furan rings is 1. The number of rotatable bonds is 8. The molecule has 2 rings (SSSR count). The number of likely N-dealkylation sites (N-methyl/N-ethyl adjacent to an activating group) is 1. The number of carbonyl (C=O) groups excluding carboxylic acids is 2. The molecule has 0 bridgehead atoms. The highest BCUT2D eigenvalue weighted by molar-refractivity contribution is 6.05. The number of benzene rings is 1. The molecule has 8 heteroatoms. The third-order valence-electron chi connectivity index (χ3n) is 4.57.